The summed E-state index contributed by atoms with van der Waals surface area (Å²) in [5, 5.41) is 0. The summed E-state index contributed by atoms with van der Waals surface area (Å²) < 4.78 is 4.83. The Hall–Kier alpha value is -1.57. The van der Waals surface area contributed by atoms with E-state index in [-0.39, 0.29) is 0 Å². The van der Waals surface area contributed by atoms with Crippen LogP contribution in [0, 0.1) is 0 Å². The van der Waals surface area contributed by atoms with Crippen LogP contribution in [0.25, 0.3) is 5.69 Å². The molecule has 0 amide bonds. The molecule has 174 valence electrons. The van der Waals surface area contributed by atoms with Crippen LogP contribution in [-0.4, -0.2) is 4.57 Å². The summed E-state index contributed by atoms with van der Waals surface area (Å²) in [6.45, 7) is 8.05. The molecule has 0 radical (unpaired) electrons. The number of imidazole rings is 1. The fourth-order valence-corrected chi connectivity index (χ4v) is 4.70. The number of para-hydroxylation sites is 1. The van der Waals surface area contributed by atoms with E-state index in [1.807, 2.05) is 0 Å². The monoisotopic (exact) mass is 425 g/mol. The Morgan fingerprint density at radius 1 is 0.677 bits per heavy atom. The van der Waals surface area contributed by atoms with E-state index in [9.17, 15) is 0 Å². The van der Waals surface area contributed by atoms with Crippen molar-refractivity contribution in [1.29, 1.82) is 0 Å². The van der Waals surface area contributed by atoms with Crippen LogP contribution in [-0.2, 0) is 6.54 Å². The predicted octanol–water partition coefficient (Wildman–Crippen LogP) is 8.76. The normalized spacial score (nSPS) is 11.5. The summed E-state index contributed by atoms with van der Waals surface area (Å²) >= 11 is 0. The zero-order valence-electron chi connectivity index (χ0n) is 20.8. The van der Waals surface area contributed by atoms with E-state index in [1.54, 1.807) is 0 Å². The molecule has 1 aromatic carbocycles. The molecule has 0 aliphatic rings. The maximum atomic E-state index is 2.47. The Morgan fingerprint density at radius 3 is 1.65 bits per heavy atom. The van der Waals surface area contributed by atoms with Crippen molar-refractivity contribution in [2.75, 3.05) is 0 Å². The van der Waals surface area contributed by atoms with Crippen molar-refractivity contribution in [3.8, 4) is 5.69 Å². The Kier molecular flexibility index (Phi) is 13.4. The van der Waals surface area contributed by atoms with Crippen LogP contribution < -0.4 is 4.57 Å². The second-order valence-corrected chi connectivity index (χ2v) is 9.66. The highest BCUT2D eigenvalue weighted by molar-refractivity contribution is 5.32. The van der Waals surface area contributed by atoms with Crippen molar-refractivity contribution in [2.24, 2.45) is 0 Å². The smallest absolute Gasteiger partial charge is 0.234 e. The van der Waals surface area contributed by atoms with Crippen molar-refractivity contribution >= 4 is 0 Å². The fraction of sp³-hybridized carbons (Fsp3) is 0.690. The molecule has 0 bridgehead atoms. The average Bonchev–Trinajstić information content (AvgIpc) is 3.21. The molecule has 0 unspecified atom stereocenters. The lowest BCUT2D eigenvalue weighted by atomic mass is 10.0. The molecule has 0 N–H and O–H groups in total. The van der Waals surface area contributed by atoms with Crippen molar-refractivity contribution in [2.45, 2.75) is 130 Å². The van der Waals surface area contributed by atoms with E-state index in [0.717, 1.165) is 6.54 Å². The van der Waals surface area contributed by atoms with E-state index < -0.39 is 0 Å². The first-order chi connectivity index (χ1) is 15.2. The van der Waals surface area contributed by atoms with Crippen LogP contribution in [0.1, 0.15) is 129 Å². The van der Waals surface area contributed by atoms with Crippen LogP contribution in [0.3, 0.4) is 0 Å². The van der Waals surface area contributed by atoms with Gasteiger partial charge in [0.05, 0.1) is 12.5 Å². The van der Waals surface area contributed by atoms with E-state index >= 15 is 0 Å². The van der Waals surface area contributed by atoms with E-state index in [0.29, 0.717) is 5.92 Å². The Balaban J connectivity index is 1.52. The van der Waals surface area contributed by atoms with Crippen LogP contribution in [0.2, 0.25) is 0 Å². The van der Waals surface area contributed by atoms with Gasteiger partial charge in [-0.25, -0.2) is 4.57 Å². The molecule has 0 atom stereocenters. The van der Waals surface area contributed by atoms with Crippen LogP contribution in [0.4, 0.5) is 0 Å². The molecule has 31 heavy (non-hydrogen) atoms. The van der Waals surface area contributed by atoms with Crippen molar-refractivity contribution < 1.29 is 4.57 Å². The van der Waals surface area contributed by atoms with Gasteiger partial charge in [0.2, 0.25) is 0 Å². The molecular weight excluding hydrogens is 376 g/mol. The fourth-order valence-electron chi connectivity index (χ4n) is 4.70. The van der Waals surface area contributed by atoms with Crippen molar-refractivity contribution in [3.63, 3.8) is 0 Å². The lowest BCUT2D eigenvalue weighted by molar-refractivity contribution is -0.705. The molecule has 0 aliphatic heterocycles. The van der Waals surface area contributed by atoms with Gasteiger partial charge in [0.15, 0.2) is 0 Å². The molecule has 0 saturated heterocycles. The highest BCUT2D eigenvalue weighted by atomic mass is 15.2. The minimum absolute atomic E-state index is 0.520. The molecule has 2 aromatic rings. The van der Waals surface area contributed by atoms with Gasteiger partial charge >= 0.3 is 0 Å². The Labute approximate surface area is 193 Å². The van der Waals surface area contributed by atoms with Gasteiger partial charge in [-0.2, -0.15) is 4.57 Å². The molecular formula is C29H49N2+. The largest absolute Gasteiger partial charge is 0.264 e. The molecule has 0 fully saturated rings. The average molecular weight is 426 g/mol. The molecule has 0 aliphatic carbocycles. The number of aromatic nitrogens is 2. The van der Waals surface area contributed by atoms with E-state index in [2.05, 4.69) is 72.6 Å². The topological polar surface area (TPSA) is 8.81 Å². The molecule has 1 heterocycles. The molecule has 2 rings (SSSR count). The summed E-state index contributed by atoms with van der Waals surface area (Å²) in [6, 6.07) is 10.7. The first kappa shape index (κ1) is 25.7. The van der Waals surface area contributed by atoms with Gasteiger partial charge in [0, 0.05) is 0 Å². The molecule has 1 aromatic heterocycles. The van der Waals surface area contributed by atoms with Crippen LogP contribution >= 0.6 is 0 Å². The summed E-state index contributed by atoms with van der Waals surface area (Å²) in [5.74, 6) is 1.93. The van der Waals surface area contributed by atoms with Gasteiger partial charge in [0.1, 0.15) is 18.1 Å². The summed E-state index contributed by atoms with van der Waals surface area (Å²) in [6.07, 6.45) is 25.9. The standard InChI is InChI=1S/C29H49N2/c1-4-5-6-7-8-9-10-11-12-13-14-15-16-17-21-24-30-25-26-31(29(30)27(2)3)28-22-19-18-20-23-28/h18-20,22-23,25-27H,4-17,21,24H2,1-3H3/q+1. The number of rotatable bonds is 18. The SMILES string of the molecule is CCCCCCCCCCCCCCCCC[n+]1ccn(-c2ccccc2)c1C(C)C. The first-order valence-electron chi connectivity index (χ1n) is 13.4. The van der Waals surface area contributed by atoms with Gasteiger partial charge in [-0.05, 0) is 25.0 Å². The Morgan fingerprint density at radius 2 is 1.16 bits per heavy atom. The minimum atomic E-state index is 0.520. The third-order valence-electron chi connectivity index (χ3n) is 6.49. The molecule has 0 spiro atoms. The third kappa shape index (κ3) is 10.1. The second kappa shape index (κ2) is 16.1. The van der Waals surface area contributed by atoms with Gasteiger partial charge in [-0.1, -0.05) is 122 Å². The number of hydrogen-bond acceptors (Lipinski definition) is 0. The second-order valence-electron chi connectivity index (χ2n) is 9.66. The van der Waals surface area contributed by atoms with Crippen LogP contribution in [0.15, 0.2) is 42.7 Å². The minimum Gasteiger partial charge on any atom is -0.234 e. The maximum Gasteiger partial charge on any atom is 0.264 e. The number of aryl methyl sites for hydroxylation is 1. The number of nitrogens with zero attached hydrogens (tertiary/aromatic N) is 2. The first-order valence-corrected chi connectivity index (χ1v) is 13.4. The zero-order valence-corrected chi connectivity index (χ0v) is 20.8. The Bertz CT molecular complexity index is 671. The summed E-state index contributed by atoms with van der Waals surface area (Å²) in [4.78, 5) is 0. The van der Waals surface area contributed by atoms with Crippen LogP contribution in [0.5, 0.6) is 0 Å². The lowest BCUT2D eigenvalue weighted by Crippen LogP contribution is -2.37. The van der Waals surface area contributed by atoms with E-state index in [4.69, 9.17) is 0 Å². The molecule has 2 heteroatoms. The van der Waals surface area contributed by atoms with Gasteiger partial charge in [-0.3, -0.25) is 0 Å². The highest BCUT2D eigenvalue weighted by Gasteiger charge is 2.21. The molecule has 0 saturated carbocycles. The quantitative estimate of drug-likeness (QED) is 0.167. The summed E-state index contributed by atoms with van der Waals surface area (Å²) in [7, 11) is 0. The van der Waals surface area contributed by atoms with Gasteiger partial charge < -0.3 is 0 Å². The number of benzene rings is 1. The molecule has 2 nitrogen and oxygen atoms in total. The lowest BCUT2D eigenvalue weighted by Gasteiger charge is -2.08. The third-order valence-corrected chi connectivity index (χ3v) is 6.49. The van der Waals surface area contributed by atoms with Crippen molar-refractivity contribution in [3.05, 3.63) is 48.5 Å². The highest BCUT2D eigenvalue weighted by Crippen LogP contribution is 2.17. The van der Waals surface area contributed by atoms with Gasteiger partial charge in [0.25, 0.3) is 5.82 Å². The number of unbranched alkanes of at least 4 members (excludes halogenated alkanes) is 14. The zero-order chi connectivity index (χ0) is 22.2. The number of hydrogen-bond donors (Lipinski definition) is 0. The van der Waals surface area contributed by atoms with Gasteiger partial charge in [-0.15, -0.1) is 0 Å². The maximum absolute atomic E-state index is 2.47. The van der Waals surface area contributed by atoms with E-state index in [1.165, 1.54) is 108 Å². The van der Waals surface area contributed by atoms with Crippen molar-refractivity contribution in [1.82, 2.24) is 4.57 Å². The predicted molar refractivity (Wildman–Crippen MR) is 135 cm³/mol. The summed E-state index contributed by atoms with van der Waals surface area (Å²) in [5.41, 5.74) is 1.27.